The maximum Gasteiger partial charge on any atom is 0.342 e. The van der Waals surface area contributed by atoms with E-state index in [1.54, 1.807) is 4.90 Å². The van der Waals surface area contributed by atoms with Crippen molar-refractivity contribution in [2.75, 3.05) is 20.2 Å². The zero-order valence-electron chi connectivity index (χ0n) is 21.2. The maximum atomic E-state index is 12.7. The molecule has 0 saturated heterocycles. The quantitative estimate of drug-likeness (QED) is 0.251. The summed E-state index contributed by atoms with van der Waals surface area (Å²) in [5, 5.41) is 8.93. The summed E-state index contributed by atoms with van der Waals surface area (Å²) in [6, 6.07) is 0. The number of carboxylic acids is 1. The molecule has 0 aromatic heterocycles. The first kappa shape index (κ1) is 27.9. The van der Waals surface area contributed by atoms with Gasteiger partial charge in [0, 0.05) is 43.5 Å². The van der Waals surface area contributed by atoms with E-state index in [4.69, 9.17) is 19.3 Å². The van der Waals surface area contributed by atoms with Crippen molar-refractivity contribution < 1.29 is 38.5 Å². The van der Waals surface area contributed by atoms with Crippen molar-refractivity contribution >= 4 is 23.8 Å². The van der Waals surface area contributed by atoms with E-state index in [1.807, 2.05) is 33.8 Å². The van der Waals surface area contributed by atoms with E-state index in [-0.39, 0.29) is 49.5 Å². The van der Waals surface area contributed by atoms with Gasteiger partial charge in [-0.25, -0.2) is 4.79 Å². The van der Waals surface area contributed by atoms with Gasteiger partial charge in [-0.1, -0.05) is 11.6 Å². The van der Waals surface area contributed by atoms with Gasteiger partial charge in [0.15, 0.2) is 5.75 Å². The lowest BCUT2D eigenvalue weighted by Crippen LogP contribution is -2.30. The topological polar surface area (TPSA) is 119 Å². The maximum absolute atomic E-state index is 12.7. The number of hydrogen-bond donors (Lipinski definition) is 1. The highest BCUT2D eigenvalue weighted by Gasteiger charge is 2.34. The Hall–Kier alpha value is -3.36. The Labute approximate surface area is 206 Å². The lowest BCUT2D eigenvalue weighted by molar-refractivity contribution is -0.137. The molecule has 0 aliphatic carbocycles. The highest BCUT2D eigenvalue weighted by atomic mass is 16.6. The van der Waals surface area contributed by atoms with Crippen LogP contribution in [0.1, 0.15) is 79.9 Å². The normalized spacial score (nSPS) is 12.7. The highest BCUT2D eigenvalue weighted by molar-refractivity contribution is 5.99. The molecule has 0 fully saturated rings. The summed E-state index contributed by atoms with van der Waals surface area (Å²) >= 11 is 0. The van der Waals surface area contributed by atoms with Crippen LogP contribution in [0.15, 0.2) is 11.6 Å². The minimum absolute atomic E-state index is 0.00304. The number of methoxy groups -OCH3 is 1. The molecule has 1 amide bonds. The summed E-state index contributed by atoms with van der Waals surface area (Å²) in [4.78, 5) is 50.1. The molecular formula is C26H35NO8. The number of rotatable bonds is 13. The van der Waals surface area contributed by atoms with Crippen molar-refractivity contribution in [1.29, 1.82) is 0 Å². The number of aliphatic carboxylic acids is 1. The van der Waals surface area contributed by atoms with Gasteiger partial charge < -0.3 is 24.2 Å². The van der Waals surface area contributed by atoms with E-state index >= 15 is 0 Å². The second kappa shape index (κ2) is 12.9. The van der Waals surface area contributed by atoms with E-state index in [1.165, 1.54) is 7.11 Å². The summed E-state index contributed by atoms with van der Waals surface area (Å²) in [6.07, 6.45) is 3.06. The lowest BCUT2D eigenvalue weighted by Gasteiger charge is -2.19. The second-order valence-corrected chi connectivity index (χ2v) is 8.44. The molecule has 1 N–H and O–H groups in total. The molecule has 0 unspecified atom stereocenters. The summed E-state index contributed by atoms with van der Waals surface area (Å²) in [5.74, 6) is -1.44. The highest BCUT2D eigenvalue weighted by Crippen LogP contribution is 2.43. The summed E-state index contributed by atoms with van der Waals surface area (Å²) in [6.45, 7) is 8.73. The average molecular weight is 490 g/mol. The molecule has 0 atom stereocenters. The van der Waals surface area contributed by atoms with Gasteiger partial charge in [-0.3, -0.25) is 14.4 Å². The molecule has 1 aromatic carbocycles. The molecule has 192 valence electrons. The van der Waals surface area contributed by atoms with Gasteiger partial charge in [0.2, 0.25) is 5.91 Å². The number of esters is 2. The van der Waals surface area contributed by atoms with E-state index in [0.717, 1.165) is 11.1 Å². The number of hydrogen-bond acceptors (Lipinski definition) is 7. The third-order valence-corrected chi connectivity index (χ3v) is 6.12. The Balaban J connectivity index is 2.31. The minimum Gasteiger partial charge on any atom is -0.496 e. The van der Waals surface area contributed by atoms with Crippen molar-refractivity contribution in [1.82, 2.24) is 4.90 Å². The number of carboxylic acid groups (broad SMARTS) is 1. The molecule has 9 heteroatoms. The Morgan fingerprint density at radius 2 is 1.77 bits per heavy atom. The average Bonchev–Trinajstić information content (AvgIpc) is 3.20. The predicted octanol–water partition coefficient (Wildman–Crippen LogP) is 3.97. The number of allylic oxidation sites excluding steroid dienone is 2. The van der Waals surface area contributed by atoms with Crippen LogP contribution in [0.25, 0.3) is 0 Å². The molecule has 9 nitrogen and oxygen atoms in total. The molecule has 1 aromatic rings. The molecule has 0 bridgehead atoms. The Morgan fingerprint density at radius 3 is 2.37 bits per heavy atom. The van der Waals surface area contributed by atoms with Gasteiger partial charge in [-0.2, -0.15) is 0 Å². The van der Waals surface area contributed by atoms with Crippen molar-refractivity contribution in [3.05, 3.63) is 33.9 Å². The number of benzene rings is 1. The smallest absolute Gasteiger partial charge is 0.342 e. The monoisotopic (exact) mass is 489 g/mol. The van der Waals surface area contributed by atoms with E-state index < -0.39 is 17.9 Å². The first-order chi connectivity index (χ1) is 16.6. The number of ether oxygens (including phenoxy) is 3. The number of carbonyl (C=O) groups excluding carboxylic acids is 3. The minimum atomic E-state index is -0.888. The van der Waals surface area contributed by atoms with Gasteiger partial charge in [0.1, 0.15) is 17.9 Å². The molecule has 35 heavy (non-hydrogen) atoms. The van der Waals surface area contributed by atoms with Crippen LogP contribution in [-0.2, 0) is 32.1 Å². The Kier molecular flexibility index (Phi) is 10.3. The first-order valence-corrected chi connectivity index (χ1v) is 11.9. The molecule has 0 radical (unpaired) electrons. The molecule has 1 aliphatic heterocycles. The van der Waals surface area contributed by atoms with Crippen molar-refractivity contribution in [2.45, 2.75) is 72.8 Å². The second-order valence-electron chi connectivity index (χ2n) is 8.44. The molecule has 0 spiro atoms. The van der Waals surface area contributed by atoms with Crippen molar-refractivity contribution in [3.8, 4) is 11.5 Å². The zero-order valence-corrected chi connectivity index (χ0v) is 21.2. The van der Waals surface area contributed by atoms with Crippen LogP contribution in [0.5, 0.6) is 11.5 Å². The van der Waals surface area contributed by atoms with Crippen LogP contribution in [0.4, 0.5) is 0 Å². The lowest BCUT2D eigenvalue weighted by atomic mass is 9.94. The van der Waals surface area contributed by atoms with E-state index in [9.17, 15) is 19.2 Å². The number of amides is 1. The molecule has 0 saturated carbocycles. The standard InChI is InChI=1S/C26H35NO8/c1-6-27(7-2)20(28)9-8-10-22(31)35-25-18(13-11-16(3)12-14-21(29)30)24(33-5)17(4)19-15-34-26(32)23(19)25/h11H,6-10,12-15H2,1-5H3,(H,29,30). The van der Waals surface area contributed by atoms with Gasteiger partial charge in [0.25, 0.3) is 0 Å². The van der Waals surface area contributed by atoms with Crippen molar-refractivity contribution in [2.24, 2.45) is 0 Å². The predicted molar refractivity (Wildman–Crippen MR) is 129 cm³/mol. The van der Waals surface area contributed by atoms with Gasteiger partial charge in [-0.05, 0) is 52.5 Å². The van der Waals surface area contributed by atoms with Crippen molar-refractivity contribution in [3.63, 3.8) is 0 Å². The van der Waals surface area contributed by atoms with Crippen LogP contribution in [-0.4, -0.2) is 54.0 Å². The molecule has 2 rings (SSSR count). The summed E-state index contributed by atoms with van der Waals surface area (Å²) < 4.78 is 16.6. The third-order valence-electron chi connectivity index (χ3n) is 6.12. The van der Waals surface area contributed by atoms with Crippen LogP contribution >= 0.6 is 0 Å². The Bertz CT molecular complexity index is 1010. The van der Waals surface area contributed by atoms with E-state index in [2.05, 4.69) is 0 Å². The fraction of sp³-hybridized carbons (Fsp3) is 0.538. The van der Waals surface area contributed by atoms with Gasteiger partial charge in [-0.15, -0.1) is 0 Å². The largest absolute Gasteiger partial charge is 0.496 e. The fourth-order valence-electron chi connectivity index (χ4n) is 4.09. The van der Waals surface area contributed by atoms with Crippen LogP contribution in [0, 0.1) is 6.92 Å². The number of carbonyl (C=O) groups is 4. The SMILES string of the molecule is CCN(CC)C(=O)CCCC(=O)Oc1c(CC=C(C)CCC(=O)O)c(OC)c(C)c2c1C(=O)OC2. The van der Waals surface area contributed by atoms with E-state index in [0.29, 0.717) is 42.8 Å². The third kappa shape index (κ3) is 7.07. The number of fused-ring (bicyclic) bond motifs is 1. The van der Waals surface area contributed by atoms with Crippen LogP contribution < -0.4 is 9.47 Å². The van der Waals surface area contributed by atoms with Gasteiger partial charge in [0.05, 0.1) is 7.11 Å². The Morgan fingerprint density at radius 1 is 1.09 bits per heavy atom. The summed E-state index contributed by atoms with van der Waals surface area (Å²) in [7, 11) is 1.50. The fourth-order valence-corrected chi connectivity index (χ4v) is 4.09. The first-order valence-electron chi connectivity index (χ1n) is 11.9. The molecular weight excluding hydrogens is 454 g/mol. The number of cyclic esters (lactones) is 1. The van der Waals surface area contributed by atoms with Crippen LogP contribution in [0.3, 0.4) is 0 Å². The molecule has 1 aliphatic rings. The van der Waals surface area contributed by atoms with Crippen LogP contribution in [0.2, 0.25) is 0 Å². The van der Waals surface area contributed by atoms with Gasteiger partial charge >= 0.3 is 17.9 Å². The number of nitrogens with zero attached hydrogens (tertiary/aromatic N) is 1. The molecule has 1 heterocycles. The summed E-state index contributed by atoms with van der Waals surface area (Å²) in [5.41, 5.74) is 2.92. The zero-order chi connectivity index (χ0) is 26.1.